The second-order valence-corrected chi connectivity index (χ2v) is 6.76. The summed E-state index contributed by atoms with van der Waals surface area (Å²) in [6.07, 6.45) is 1.46. The Morgan fingerprint density at radius 2 is 1.95 bits per heavy atom. The zero-order chi connectivity index (χ0) is 14.6. The highest BCUT2D eigenvalue weighted by Crippen LogP contribution is 2.19. The lowest BCUT2D eigenvalue weighted by atomic mass is 10.0. The molecular weight excluding hydrogens is 296 g/mol. The molecule has 0 aliphatic carbocycles. The summed E-state index contributed by atoms with van der Waals surface area (Å²) in [6.45, 7) is 1.87. The van der Waals surface area contributed by atoms with Gasteiger partial charge in [-0.15, -0.1) is 0 Å². The number of hydrogen-bond donors (Lipinski definition) is 1. The largest absolute Gasteiger partial charge is 0.267 e. The Morgan fingerprint density at radius 1 is 1.25 bits per heavy atom. The molecule has 0 amide bonds. The van der Waals surface area contributed by atoms with Crippen LogP contribution in [0.2, 0.25) is 5.02 Å². The van der Waals surface area contributed by atoms with E-state index in [0.717, 1.165) is 5.56 Å². The third kappa shape index (κ3) is 4.21. The molecule has 0 bridgehead atoms. The Morgan fingerprint density at radius 3 is 2.60 bits per heavy atom. The number of rotatable bonds is 5. The molecule has 6 heteroatoms. The van der Waals surface area contributed by atoms with Gasteiger partial charge < -0.3 is 0 Å². The quantitative estimate of drug-likeness (QED) is 0.922. The summed E-state index contributed by atoms with van der Waals surface area (Å²) in [6, 6.07) is 12.6. The van der Waals surface area contributed by atoms with E-state index in [4.69, 9.17) is 11.6 Å². The van der Waals surface area contributed by atoms with Crippen molar-refractivity contribution in [1.82, 2.24) is 4.98 Å². The van der Waals surface area contributed by atoms with E-state index >= 15 is 0 Å². The fourth-order valence-corrected chi connectivity index (χ4v) is 3.39. The lowest BCUT2D eigenvalue weighted by molar-refractivity contribution is 0.595. The molecule has 0 saturated carbocycles. The average Bonchev–Trinajstić information content (AvgIpc) is 2.38. The van der Waals surface area contributed by atoms with Crippen molar-refractivity contribution in [3.8, 4) is 0 Å². The van der Waals surface area contributed by atoms with Gasteiger partial charge in [0.05, 0.1) is 5.75 Å². The number of halogens is 1. The minimum atomic E-state index is -3.47. The molecule has 0 radical (unpaired) electrons. The van der Waals surface area contributed by atoms with Crippen LogP contribution >= 0.6 is 11.6 Å². The van der Waals surface area contributed by atoms with E-state index in [2.05, 4.69) is 9.71 Å². The van der Waals surface area contributed by atoms with Gasteiger partial charge in [0.15, 0.2) is 0 Å². The molecule has 0 saturated heterocycles. The van der Waals surface area contributed by atoms with E-state index in [1.165, 1.54) is 12.3 Å². The number of sulfonamides is 1. The second kappa shape index (κ2) is 6.24. The first-order valence-electron chi connectivity index (χ1n) is 6.13. The van der Waals surface area contributed by atoms with Crippen molar-refractivity contribution < 1.29 is 8.42 Å². The van der Waals surface area contributed by atoms with Gasteiger partial charge >= 0.3 is 0 Å². The molecular formula is C14H15ClN2O2S. The van der Waals surface area contributed by atoms with Crippen LogP contribution in [0.1, 0.15) is 18.4 Å². The van der Waals surface area contributed by atoms with Crippen LogP contribution in [0.3, 0.4) is 0 Å². The van der Waals surface area contributed by atoms with Crippen LogP contribution in [0, 0.1) is 0 Å². The molecule has 1 aromatic heterocycles. The standard InChI is InChI=1S/C14H15ClN2O2S/c1-11(12-5-3-2-4-6-12)10-20(18,19)17-14-9-13(15)7-8-16-14/h2-9,11H,10H2,1H3,(H,16,17). The van der Waals surface area contributed by atoms with E-state index in [1.54, 1.807) is 6.07 Å². The number of aromatic nitrogens is 1. The highest BCUT2D eigenvalue weighted by Gasteiger charge is 2.17. The molecule has 1 aromatic carbocycles. The number of pyridine rings is 1. The Bertz CT molecular complexity index is 675. The molecule has 1 atom stereocenters. The van der Waals surface area contributed by atoms with E-state index in [1.807, 2.05) is 37.3 Å². The van der Waals surface area contributed by atoms with Crippen LogP contribution in [-0.4, -0.2) is 19.2 Å². The Balaban J connectivity index is 2.08. The fourth-order valence-electron chi connectivity index (χ4n) is 1.87. The van der Waals surface area contributed by atoms with Crippen LogP contribution < -0.4 is 4.72 Å². The smallest absolute Gasteiger partial charge is 0.234 e. The predicted molar refractivity (Wildman–Crippen MR) is 81.5 cm³/mol. The molecule has 0 fully saturated rings. The SMILES string of the molecule is CC(CS(=O)(=O)Nc1cc(Cl)ccn1)c1ccccc1. The lowest BCUT2D eigenvalue weighted by Gasteiger charge is -2.13. The van der Waals surface area contributed by atoms with Crippen molar-refractivity contribution in [3.63, 3.8) is 0 Å². The van der Waals surface area contributed by atoms with Crippen LogP contribution in [0.15, 0.2) is 48.7 Å². The van der Waals surface area contributed by atoms with E-state index in [0.29, 0.717) is 5.02 Å². The summed E-state index contributed by atoms with van der Waals surface area (Å²) >= 11 is 5.80. The maximum atomic E-state index is 12.1. The van der Waals surface area contributed by atoms with E-state index < -0.39 is 10.0 Å². The van der Waals surface area contributed by atoms with Crippen molar-refractivity contribution in [2.75, 3.05) is 10.5 Å². The van der Waals surface area contributed by atoms with Gasteiger partial charge in [0.2, 0.25) is 10.0 Å². The van der Waals surface area contributed by atoms with E-state index in [9.17, 15) is 8.42 Å². The molecule has 2 rings (SSSR count). The summed E-state index contributed by atoms with van der Waals surface area (Å²) in [5, 5.41) is 0.439. The normalized spacial score (nSPS) is 12.9. The zero-order valence-corrected chi connectivity index (χ0v) is 12.5. The molecule has 106 valence electrons. The van der Waals surface area contributed by atoms with Crippen LogP contribution in [0.4, 0.5) is 5.82 Å². The minimum absolute atomic E-state index is 0.00872. The third-order valence-corrected chi connectivity index (χ3v) is 4.51. The highest BCUT2D eigenvalue weighted by molar-refractivity contribution is 7.92. The maximum absolute atomic E-state index is 12.1. The minimum Gasteiger partial charge on any atom is -0.267 e. The van der Waals surface area contributed by atoms with Crippen molar-refractivity contribution in [1.29, 1.82) is 0 Å². The Hall–Kier alpha value is -1.59. The van der Waals surface area contributed by atoms with Gasteiger partial charge in [0, 0.05) is 17.3 Å². The summed E-state index contributed by atoms with van der Waals surface area (Å²) in [5.74, 6) is 0.122. The summed E-state index contributed by atoms with van der Waals surface area (Å²) in [5.41, 5.74) is 0.983. The summed E-state index contributed by atoms with van der Waals surface area (Å²) < 4.78 is 26.6. The Labute approximate surface area is 123 Å². The van der Waals surface area contributed by atoms with Gasteiger partial charge in [-0.2, -0.15) is 0 Å². The number of nitrogens with one attached hydrogen (secondary N) is 1. The molecule has 1 unspecified atom stereocenters. The number of anilines is 1. The number of benzene rings is 1. The molecule has 0 spiro atoms. The van der Waals surface area contributed by atoms with Gasteiger partial charge in [-0.25, -0.2) is 13.4 Å². The molecule has 1 heterocycles. The molecule has 2 aromatic rings. The van der Waals surface area contributed by atoms with Crippen LogP contribution in [-0.2, 0) is 10.0 Å². The zero-order valence-electron chi connectivity index (χ0n) is 11.0. The van der Waals surface area contributed by atoms with Crippen LogP contribution in [0.5, 0.6) is 0 Å². The topological polar surface area (TPSA) is 59.1 Å². The molecule has 20 heavy (non-hydrogen) atoms. The van der Waals surface area contributed by atoms with Crippen molar-refractivity contribution >= 4 is 27.4 Å². The van der Waals surface area contributed by atoms with Gasteiger partial charge in [0.1, 0.15) is 5.82 Å². The second-order valence-electron chi connectivity index (χ2n) is 4.55. The Kier molecular flexibility index (Phi) is 4.62. The molecule has 0 aliphatic heterocycles. The lowest BCUT2D eigenvalue weighted by Crippen LogP contribution is -2.21. The van der Waals surface area contributed by atoms with Gasteiger partial charge in [0.25, 0.3) is 0 Å². The number of hydrogen-bond acceptors (Lipinski definition) is 3. The number of nitrogens with zero attached hydrogens (tertiary/aromatic N) is 1. The van der Waals surface area contributed by atoms with Gasteiger partial charge in [-0.3, -0.25) is 4.72 Å². The van der Waals surface area contributed by atoms with Gasteiger partial charge in [-0.05, 0) is 17.5 Å². The van der Waals surface area contributed by atoms with Gasteiger partial charge in [-0.1, -0.05) is 48.9 Å². The van der Waals surface area contributed by atoms with Crippen molar-refractivity contribution in [2.24, 2.45) is 0 Å². The first kappa shape index (κ1) is 14.8. The van der Waals surface area contributed by atoms with E-state index in [-0.39, 0.29) is 17.5 Å². The van der Waals surface area contributed by atoms with Crippen molar-refractivity contribution in [3.05, 3.63) is 59.2 Å². The third-order valence-electron chi connectivity index (χ3n) is 2.82. The van der Waals surface area contributed by atoms with Crippen LogP contribution in [0.25, 0.3) is 0 Å². The average molecular weight is 311 g/mol. The molecule has 1 N–H and O–H groups in total. The first-order valence-corrected chi connectivity index (χ1v) is 8.16. The fraction of sp³-hybridized carbons (Fsp3) is 0.214. The predicted octanol–water partition coefficient (Wildman–Crippen LogP) is 3.28. The monoisotopic (exact) mass is 310 g/mol. The van der Waals surface area contributed by atoms with Crippen molar-refractivity contribution in [2.45, 2.75) is 12.8 Å². The maximum Gasteiger partial charge on any atom is 0.234 e. The highest BCUT2D eigenvalue weighted by atomic mass is 35.5. The summed E-state index contributed by atoms with van der Waals surface area (Å²) in [4.78, 5) is 3.93. The first-order chi connectivity index (χ1) is 9.46. The molecule has 0 aliphatic rings. The summed E-state index contributed by atoms with van der Waals surface area (Å²) in [7, 11) is -3.47. The molecule has 4 nitrogen and oxygen atoms in total.